The molecule has 5 heteroatoms. The third kappa shape index (κ3) is 3.48. The Morgan fingerprint density at radius 3 is 2.81 bits per heavy atom. The van der Waals surface area contributed by atoms with E-state index < -0.39 is 0 Å². The molecule has 0 saturated carbocycles. The van der Waals surface area contributed by atoms with E-state index in [1.54, 1.807) is 12.1 Å². The smallest absolute Gasteiger partial charge is 0.537 e. The summed E-state index contributed by atoms with van der Waals surface area (Å²) < 4.78 is 10.2. The third-order valence-electron chi connectivity index (χ3n) is 1.83. The first-order valence-electron chi connectivity index (χ1n) is 4.97. The van der Waals surface area contributed by atoms with Crippen LogP contribution in [0.25, 0.3) is 0 Å². The zero-order valence-electron chi connectivity index (χ0n) is 9.30. The lowest BCUT2D eigenvalue weighted by Gasteiger charge is -2.11. The molecule has 0 saturated heterocycles. The fraction of sp³-hybridized carbons (Fsp3) is 0.364. The maximum absolute atomic E-state index is 8.92. The average Bonchev–Trinajstić information content (AvgIpc) is 2.27. The van der Waals surface area contributed by atoms with Gasteiger partial charge in [0.25, 0.3) is 0 Å². The van der Waals surface area contributed by atoms with Gasteiger partial charge < -0.3 is 14.4 Å². The summed E-state index contributed by atoms with van der Waals surface area (Å²) in [6, 6.07) is 6.81. The van der Waals surface area contributed by atoms with Crippen molar-refractivity contribution in [1.82, 2.24) is 0 Å². The Balaban J connectivity index is 2.81. The van der Waals surface area contributed by atoms with E-state index >= 15 is 0 Å². The molecule has 0 aliphatic carbocycles. The number of ether oxygens (including phenoxy) is 1. The van der Waals surface area contributed by atoms with Crippen LogP contribution in [0.1, 0.15) is 19.4 Å². The molecular formula is C11H13BNO3. The van der Waals surface area contributed by atoms with E-state index in [9.17, 15) is 0 Å². The molecule has 0 fully saturated rings. The van der Waals surface area contributed by atoms with Gasteiger partial charge in [0.05, 0.1) is 12.2 Å². The zero-order valence-corrected chi connectivity index (χ0v) is 9.30. The summed E-state index contributed by atoms with van der Waals surface area (Å²) >= 11 is 0. The van der Waals surface area contributed by atoms with Crippen LogP contribution in [-0.2, 0) is 0 Å². The fourth-order valence-electron chi connectivity index (χ4n) is 1.11. The van der Waals surface area contributed by atoms with Crippen molar-refractivity contribution in [3.8, 4) is 17.6 Å². The van der Waals surface area contributed by atoms with Crippen molar-refractivity contribution in [2.45, 2.75) is 13.8 Å². The molecule has 1 radical (unpaired) electrons. The second-order valence-electron chi connectivity index (χ2n) is 3.70. The van der Waals surface area contributed by atoms with Gasteiger partial charge in [0.15, 0.2) is 0 Å². The van der Waals surface area contributed by atoms with Crippen LogP contribution in [0.2, 0.25) is 0 Å². The van der Waals surface area contributed by atoms with Crippen molar-refractivity contribution < 1.29 is 14.4 Å². The lowest BCUT2D eigenvalue weighted by atomic mass is 10.2. The molecule has 0 bridgehead atoms. The average molecular weight is 218 g/mol. The molecular weight excluding hydrogens is 205 g/mol. The number of rotatable bonds is 5. The fourth-order valence-corrected chi connectivity index (χ4v) is 1.11. The van der Waals surface area contributed by atoms with Crippen molar-refractivity contribution in [2.75, 3.05) is 6.61 Å². The van der Waals surface area contributed by atoms with Gasteiger partial charge in [-0.1, -0.05) is 13.8 Å². The summed E-state index contributed by atoms with van der Waals surface area (Å²) in [5.74, 6) is 1.32. The summed E-state index contributed by atoms with van der Waals surface area (Å²) in [6.45, 7) is 4.62. The minimum absolute atomic E-state index is 0.389. The molecule has 0 aromatic heterocycles. The first-order chi connectivity index (χ1) is 7.67. The van der Waals surface area contributed by atoms with Crippen molar-refractivity contribution in [3.05, 3.63) is 23.8 Å². The predicted molar refractivity (Wildman–Crippen MR) is 60.1 cm³/mol. The summed E-state index contributed by atoms with van der Waals surface area (Å²) in [6.07, 6.45) is 0. The van der Waals surface area contributed by atoms with Gasteiger partial charge in [-0.05, 0) is 24.1 Å². The molecule has 0 heterocycles. The summed E-state index contributed by atoms with van der Waals surface area (Å²) in [4.78, 5) is 0. The number of nitrogens with zero attached hydrogens (tertiary/aromatic N) is 1. The molecule has 0 aliphatic rings. The molecule has 83 valence electrons. The molecule has 1 N–H and O–H groups in total. The van der Waals surface area contributed by atoms with E-state index in [1.165, 1.54) is 6.07 Å². The van der Waals surface area contributed by atoms with Gasteiger partial charge in [0, 0.05) is 0 Å². The highest BCUT2D eigenvalue weighted by atomic mass is 16.5. The monoisotopic (exact) mass is 218 g/mol. The number of nitriles is 1. The van der Waals surface area contributed by atoms with Crippen molar-refractivity contribution in [1.29, 1.82) is 5.26 Å². The Labute approximate surface area is 95.7 Å². The molecule has 1 rings (SSSR count). The Bertz CT molecular complexity index is 387. The van der Waals surface area contributed by atoms with Crippen LogP contribution in [0.4, 0.5) is 0 Å². The van der Waals surface area contributed by atoms with Crippen molar-refractivity contribution in [2.24, 2.45) is 5.92 Å². The van der Waals surface area contributed by atoms with Gasteiger partial charge in [0.2, 0.25) is 0 Å². The Morgan fingerprint density at radius 2 is 2.25 bits per heavy atom. The molecule has 16 heavy (non-hydrogen) atoms. The second-order valence-corrected chi connectivity index (χ2v) is 3.70. The van der Waals surface area contributed by atoms with Crippen LogP contribution in [0.3, 0.4) is 0 Å². The maximum atomic E-state index is 8.92. The lowest BCUT2D eigenvalue weighted by Crippen LogP contribution is -2.06. The zero-order chi connectivity index (χ0) is 12.0. The highest BCUT2D eigenvalue weighted by Crippen LogP contribution is 2.23. The van der Waals surface area contributed by atoms with Crippen LogP contribution in [0.15, 0.2) is 18.2 Å². The molecule has 0 atom stereocenters. The topological polar surface area (TPSA) is 62.5 Å². The van der Waals surface area contributed by atoms with Crippen LogP contribution in [0, 0.1) is 17.2 Å². The first-order valence-corrected chi connectivity index (χ1v) is 4.97. The second kappa shape index (κ2) is 6.04. The van der Waals surface area contributed by atoms with Gasteiger partial charge in [0.1, 0.15) is 17.6 Å². The van der Waals surface area contributed by atoms with E-state index in [0.717, 1.165) is 0 Å². The molecule has 4 nitrogen and oxygen atoms in total. The van der Waals surface area contributed by atoms with Crippen molar-refractivity contribution in [3.63, 3.8) is 0 Å². The van der Waals surface area contributed by atoms with E-state index in [0.29, 0.717) is 37.3 Å². The molecule has 1 aromatic carbocycles. The molecule has 0 aliphatic heterocycles. The quantitative estimate of drug-likeness (QED) is 0.760. The summed E-state index contributed by atoms with van der Waals surface area (Å²) in [7, 11) is 0.575. The summed E-state index contributed by atoms with van der Waals surface area (Å²) in [5, 5.41) is 17.4. The third-order valence-corrected chi connectivity index (χ3v) is 1.83. The van der Waals surface area contributed by atoms with Gasteiger partial charge >= 0.3 is 7.69 Å². The molecule has 0 amide bonds. The molecule has 0 spiro atoms. The Kier molecular flexibility index (Phi) is 4.68. The minimum atomic E-state index is 0.389. The molecule has 0 unspecified atom stereocenters. The van der Waals surface area contributed by atoms with Gasteiger partial charge in [-0.2, -0.15) is 5.26 Å². The highest BCUT2D eigenvalue weighted by molar-refractivity contribution is 6.17. The number of hydrogen-bond acceptors (Lipinski definition) is 4. The van der Waals surface area contributed by atoms with E-state index in [1.807, 2.05) is 19.9 Å². The SMILES string of the molecule is CC(C)COc1ccc(O[B]O)cc1C#N. The Hall–Kier alpha value is -1.67. The van der Waals surface area contributed by atoms with Gasteiger partial charge in [-0.3, -0.25) is 0 Å². The minimum Gasteiger partial charge on any atom is -0.537 e. The maximum Gasteiger partial charge on any atom is 0.569 e. The normalized spacial score (nSPS) is 9.69. The van der Waals surface area contributed by atoms with Crippen molar-refractivity contribution >= 4 is 7.69 Å². The lowest BCUT2D eigenvalue weighted by molar-refractivity contribution is 0.270. The highest BCUT2D eigenvalue weighted by Gasteiger charge is 2.06. The van der Waals surface area contributed by atoms with Crippen LogP contribution < -0.4 is 9.39 Å². The standard InChI is InChI=1S/C11H13BNO3/c1-8(2)7-15-11-4-3-10(16-12-14)5-9(11)6-13/h3-5,8,14H,7H2,1-2H3. The Morgan fingerprint density at radius 1 is 1.50 bits per heavy atom. The van der Waals surface area contributed by atoms with Crippen LogP contribution >= 0.6 is 0 Å². The largest absolute Gasteiger partial charge is 0.569 e. The van der Waals surface area contributed by atoms with E-state index in [-0.39, 0.29) is 0 Å². The first kappa shape index (κ1) is 12.4. The molecule has 1 aromatic rings. The van der Waals surface area contributed by atoms with Crippen LogP contribution in [0.5, 0.6) is 11.5 Å². The van der Waals surface area contributed by atoms with Gasteiger partial charge in [-0.15, -0.1) is 0 Å². The van der Waals surface area contributed by atoms with E-state index in [2.05, 4.69) is 0 Å². The van der Waals surface area contributed by atoms with Gasteiger partial charge in [-0.25, -0.2) is 0 Å². The van der Waals surface area contributed by atoms with Crippen LogP contribution in [-0.4, -0.2) is 19.3 Å². The number of hydrogen-bond donors (Lipinski definition) is 1. The van der Waals surface area contributed by atoms with E-state index in [4.69, 9.17) is 19.7 Å². The number of benzene rings is 1. The summed E-state index contributed by atoms with van der Waals surface area (Å²) in [5.41, 5.74) is 0.389. The predicted octanol–water partition coefficient (Wildman–Crippen LogP) is 1.50.